The van der Waals surface area contributed by atoms with Gasteiger partial charge >= 0.3 is 0 Å². The molecule has 0 spiro atoms. The number of nitriles is 1. The summed E-state index contributed by atoms with van der Waals surface area (Å²) >= 11 is 0. The summed E-state index contributed by atoms with van der Waals surface area (Å²) in [5.74, 6) is 0.0774. The fraction of sp³-hybridized carbons (Fsp3) is 0.429. The summed E-state index contributed by atoms with van der Waals surface area (Å²) in [7, 11) is 0. The fourth-order valence-electron chi connectivity index (χ4n) is 2.09. The first-order valence-electron chi connectivity index (χ1n) is 6.30. The maximum absolute atomic E-state index is 11.8. The van der Waals surface area contributed by atoms with E-state index >= 15 is 0 Å². The molecule has 94 valence electrons. The maximum Gasteiger partial charge on any atom is 0.242 e. The van der Waals surface area contributed by atoms with E-state index < -0.39 is 0 Å². The van der Waals surface area contributed by atoms with Crippen molar-refractivity contribution in [3.05, 3.63) is 29.8 Å². The van der Waals surface area contributed by atoms with Crippen molar-refractivity contribution in [2.75, 3.05) is 11.9 Å². The molecule has 0 bridgehead atoms. The molecule has 1 aliphatic heterocycles. The molecular formula is C14H17N3O. The molecule has 1 fully saturated rings. The van der Waals surface area contributed by atoms with Gasteiger partial charge in [-0.05, 0) is 37.0 Å². The van der Waals surface area contributed by atoms with E-state index in [9.17, 15) is 4.79 Å². The third kappa shape index (κ3) is 3.24. The van der Waals surface area contributed by atoms with Crippen molar-refractivity contribution in [3.8, 4) is 6.07 Å². The van der Waals surface area contributed by atoms with Crippen LogP contribution >= 0.6 is 0 Å². The smallest absolute Gasteiger partial charge is 0.242 e. The number of amides is 1. The molecule has 1 aliphatic rings. The largest absolute Gasteiger partial charge is 0.374 e. The van der Waals surface area contributed by atoms with E-state index in [1.54, 1.807) is 0 Å². The van der Waals surface area contributed by atoms with Crippen LogP contribution in [0.25, 0.3) is 0 Å². The van der Waals surface area contributed by atoms with Crippen LogP contribution in [0.2, 0.25) is 0 Å². The van der Waals surface area contributed by atoms with Gasteiger partial charge in [0.2, 0.25) is 5.91 Å². The molecule has 1 amide bonds. The number of carbonyl (C=O) groups is 1. The predicted molar refractivity (Wildman–Crippen MR) is 70.0 cm³/mol. The molecule has 1 aromatic carbocycles. The first-order valence-corrected chi connectivity index (χ1v) is 6.30. The van der Waals surface area contributed by atoms with E-state index in [0.717, 1.165) is 37.1 Å². The first-order chi connectivity index (χ1) is 8.79. The second-order valence-electron chi connectivity index (χ2n) is 4.52. The summed E-state index contributed by atoms with van der Waals surface area (Å²) in [4.78, 5) is 11.8. The van der Waals surface area contributed by atoms with E-state index in [1.807, 2.05) is 24.3 Å². The minimum atomic E-state index is -0.144. The van der Waals surface area contributed by atoms with Gasteiger partial charge in [-0.25, -0.2) is 0 Å². The van der Waals surface area contributed by atoms with E-state index in [0.29, 0.717) is 6.42 Å². The summed E-state index contributed by atoms with van der Waals surface area (Å²) < 4.78 is 0. The van der Waals surface area contributed by atoms with Crippen molar-refractivity contribution in [2.45, 2.75) is 31.7 Å². The third-order valence-corrected chi connectivity index (χ3v) is 3.11. The van der Waals surface area contributed by atoms with Crippen molar-refractivity contribution in [1.82, 2.24) is 5.32 Å². The summed E-state index contributed by atoms with van der Waals surface area (Å²) in [5.41, 5.74) is 1.92. The molecule has 0 radical (unpaired) electrons. The molecule has 1 aromatic rings. The molecule has 4 nitrogen and oxygen atoms in total. The molecular weight excluding hydrogens is 226 g/mol. The number of nitrogens with zero attached hydrogens (tertiary/aromatic N) is 1. The summed E-state index contributed by atoms with van der Waals surface area (Å²) in [6, 6.07) is 9.65. The minimum absolute atomic E-state index is 0.0774. The summed E-state index contributed by atoms with van der Waals surface area (Å²) in [6.45, 7) is 0.776. The lowest BCUT2D eigenvalue weighted by molar-refractivity contribution is -0.121. The summed E-state index contributed by atoms with van der Waals surface area (Å²) in [6.07, 6.45) is 3.39. The van der Waals surface area contributed by atoms with Crippen LogP contribution in [-0.2, 0) is 11.2 Å². The van der Waals surface area contributed by atoms with E-state index in [-0.39, 0.29) is 11.9 Å². The highest BCUT2D eigenvalue weighted by molar-refractivity contribution is 5.84. The zero-order valence-electron chi connectivity index (χ0n) is 10.3. The lowest BCUT2D eigenvalue weighted by Crippen LogP contribution is -2.37. The van der Waals surface area contributed by atoms with Crippen molar-refractivity contribution in [1.29, 1.82) is 5.26 Å². The summed E-state index contributed by atoms with van der Waals surface area (Å²) in [5, 5.41) is 14.7. The highest BCUT2D eigenvalue weighted by Gasteiger charge is 2.19. The molecule has 1 heterocycles. The highest BCUT2D eigenvalue weighted by atomic mass is 16.2. The standard InChI is InChI=1S/C14H17N3O/c15-9-8-11-4-6-12(7-5-11)17-13-3-1-2-10-16-14(13)18/h4-7,13,17H,1-3,8,10H2,(H,16,18). The number of nitrogens with one attached hydrogen (secondary N) is 2. The van der Waals surface area contributed by atoms with Gasteiger partial charge in [0, 0.05) is 12.2 Å². The van der Waals surface area contributed by atoms with Gasteiger partial charge in [-0.3, -0.25) is 4.79 Å². The molecule has 1 unspecified atom stereocenters. The van der Waals surface area contributed by atoms with Crippen LogP contribution < -0.4 is 10.6 Å². The van der Waals surface area contributed by atoms with Gasteiger partial charge in [0.1, 0.15) is 6.04 Å². The average Bonchev–Trinajstić information content (AvgIpc) is 2.58. The van der Waals surface area contributed by atoms with Crippen molar-refractivity contribution in [3.63, 3.8) is 0 Å². The molecule has 1 atom stereocenters. The van der Waals surface area contributed by atoms with E-state index in [2.05, 4.69) is 16.7 Å². The van der Waals surface area contributed by atoms with Gasteiger partial charge in [0.25, 0.3) is 0 Å². The molecule has 0 aromatic heterocycles. The topological polar surface area (TPSA) is 64.9 Å². The number of hydrogen-bond acceptors (Lipinski definition) is 3. The van der Waals surface area contributed by atoms with Gasteiger partial charge in [0.05, 0.1) is 12.5 Å². The minimum Gasteiger partial charge on any atom is -0.374 e. The van der Waals surface area contributed by atoms with E-state index in [4.69, 9.17) is 5.26 Å². The average molecular weight is 243 g/mol. The zero-order valence-corrected chi connectivity index (χ0v) is 10.3. The van der Waals surface area contributed by atoms with E-state index in [1.165, 1.54) is 0 Å². The SMILES string of the molecule is N#CCc1ccc(NC2CCCCNC2=O)cc1. The van der Waals surface area contributed by atoms with Gasteiger partial charge in [-0.2, -0.15) is 5.26 Å². The van der Waals surface area contributed by atoms with Gasteiger partial charge in [-0.1, -0.05) is 12.1 Å². The third-order valence-electron chi connectivity index (χ3n) is 3.11. The quantitative estimate of drug-likeness (QED) is 0.851. The second kappa shape index (κ2) is 6.06. The Bertz CT molecular complexity index is 447. The molecule has 18 heavy (non-hydrogen) atoms. The molecule has 1 saturated heterocycles. The Balaban J connectivity index is 1.99. The van der Waals surface area contributed by atoms with Crippen LogP contribution in [0.4, 0.5) is 5.69 Å². The van der Waals surface area contributed by atoms with Crippen LogP contribution in [-0.4, -0.2) is 18.5 Å². The Labute approximate surface area is 107 Å². The number of hydrogen-bond donors (Lipinski definition) is 2. The molecule has 2 rings (SSSR count). The van der Waals surface area contributed by atoms with Crippen LogP contribution in [0, 0.1) is 11.3 Å². The van der Waals surface area contributed by atoms with Crippen LogP contribution in [0.5, 0.6) is 0 Å². The molecule has 0 saturated carbocycles. The number of benzene rings is 1. The number of rotatable bonds is 3. The van der Waals surface area contributed by atoms with Crippen molar-refractivity contribution < 1.29 is 4.79 Å². The normalized spacial score (nSPS) is 19.5. The maximum atomic E-state index is 11.8. The fourth-order valence-corrected chi connectivity index (χ4v) is 2.09. The second-order valence-corrected chi connectivity index (χ2v) is 4.52. The van der Waals surface area contributed by atoms with Crippen LogP contribution in [0.3, 0.4) is 0 Å². The number of carbonyl (C=O) groups excluding carboxylic acids is 1. The Morgan fingerprint density at radius 3 is 2.83 bits per heavy atom. The van der Waals surface area contributed by atoms with Crippen molar-refractivity contribution in [2.24, 2.45) is 0 Å². The van der Waals surface area contributed by atoms with Gasteiger partial charge < -0.3 is 10.6 Å². The monoisotopic (exact) mass is 243 g/mol. The Morgan fingerprint density at radius 2 is 2.11 bits per heavy atom. The first kappa shape index (κ1) is 12.4. The van der Waals surface area contributed by atoms with Crippen LogP contribution in [0.15, 0.2) is 24.3 Å². The highest BCUT2D eigenvalue weighted by Crippen LogP contribution is 2.15. The number of anilines is 1. The molecule has 0 aliphatic carbocycles. The van der Waals surface area contributed by atoms with Crippen molar-refractivity contribution >= 4 is 11.6 Å². The molecule has 2 N–H and O–H groups in total. The lowest BCUT2D eigenvalue weighted by atomic mass is 10.1. The lowest BCUT2D eigenvalue weighted by Gasteiger charge is -2.16. The Kier molecular flexibility index (Phi) is 4.19. The Hall–Kier alpha value is -2.02. The Morgan fingerprint density at radius 1 is 1.33 bits per heavy atom. The van der Waals surface area contributed by atoms with Gasteiger partial charge in [0.15, 0.2) is 0 Å². The zero-order chi connectivity index (χ0) is 12.8. The van der Waals surface area contributed by atoms with Gasteiger partial charge in [-0.15, -0.1) is 0 Å². The van der Waals surface area contributed by atoms with Crippen LogP contribution in [0.1, 0.15) is 24.8 Å². The predicted octanol–water partition coefficient (Wildman–Crippen LogP) is 1.83. The molecule has 4 heteroatoms.